The molecule has 1 aromatic carbocycles. The molecule has 0 unspecified atom stereocenters. The van der Waals surface area contributed by atoms with E-state index in [0.29, 0.717) is 48.5 Å². The predicted octanol–water partition coefficient (Wildman–Crippen LogP) is 2.90. The van der Waals surface area contributed by atoms with Crippen molar-refractivity contribution >= 4 is 33.2 Å². The first kappa shape index (κ1) is 19.1. The van der Waals surface area contributed by atoms with Crippen molar-refractivity contribution in [2.75, 3.05) is 19.8 Å². The molecule has 0 bridgehead atoms. The van der Waals surface area contributed by atoms with Gasteiger partial charge in [-0.3, -0.25) is 9.36 Å². The highest BCUT2D eigenvalue weighted by atomic mass is 16.5. The molecule has 4 aromatic rings. The normalized spacial score (nSPS) is 16.9. The zero-order valence-electron chi connectivity index (χ0n) is 17.1. The molecule has 1 fully saturated rings. The largest absolute Gasteiger partial charge is 0.382 e. The lowest BCUT2D eigenvalue weighted by molar-refractivity contribution is 0.0987. The summed E-state index contributed by atoms with van der Waals surface area (Å²) in [5, 5.41) is 0.528. The smallest absolute Gasteiger partial charge is 0.265 e. The van der Waals surface area contributed by atoms with Gasteiger partial charge in [0.15, 0.2) is 11.3 Å². The molecule has 1 saturated heterocycles. The van der Waals surface area contributed by atoms with E-state index < -0.39 is 0 Å². The minimum absolute atomic E-state index is 0.0860. The lowest BCUT2D eigenvalue weighted by Gasteiger charge is -2.12. The second kappa shape index (κ2) is 8.12. The molecular weight excluding hydrogens is 382 g/mol. The molecule has 0 spiro atoms. The standard InChI is InChI=1S/C22H25N5O3/c1-2-29-11-6-10-26-14-23-20-18(22(26)28)19-21(27(20)13-15-7-5-12-30-15)25-17-9-4-3-8-16(17)24-19/h3-4,8-9,14-15H,2,5-7,10-13H2,1H3/t15-/m0/s1. The van der Waals surface area contributed by atoms with E-state index in [1.165, 1.54) is 0 Å². The summed E-state index contributed by atoms with van der Waals surface area (Å²) in [7, 11) is 0. The van der Waals surface area contributed by atoms with Crippen molar-refractivity contribution in [3.63, 3.8) is 0 Å². The van der Waals surface area contributed by atoms with Gasteiger partial charge in [-0.2, -0.15) is 0 Å². The summed E-state index contributed by atoms with van der Waals surface area (Å²) < 4.78 is 14.9. The SMILES string of the molecule is CCOCCCn1cnc2c(c1=O)c1nc3ccccc3nc1n2C[C@@H]1CCCO1. The van der Waals surface area contributed by atoms with Gasteiger partial charge in [-0.1, -0.05) is 12.1 Å². The molecule has 8 nitrogen and oxygen atoms in total. The summed E-state index contributed by atoms with van der Waals surface area (Å²) in [5.74, 6) is 0. The fourth-order valence-electron chi connectivity index (χ4n) is 4.14. The molecule has 0 aliphatic carbocycles. The molecule has 8 heteroatoms. The molecule has 1 aliphatic rings. The summed E-state index contributed by atoms with van der Waals surface area (Å²) in [6.07, 6.45) is 4.53. The van der Waals surface area contributed by atoms with E-state index in [9.17, 15) is 4.79 Å². The second-order valence-electron chi connectivity index (χ2n) is 7.62. The lowest BCUT2D eigenvalue weighted by atomic mass is 10.2. The highest BCUT2D eigenvalue weighted by Crippen LogP contribution is 2.26. The number of aryl methyl sites for hydroxylation is 1. The Morgan fingerprint density at radius 2 is 2.03 bits per heavy atom. The number of para-hydroxylation sites is 2. The van der Waals surface area contributed by atoms with E-state index in [2.05, 4.69) is 4.98 Å². The van der Waals surface area contributed by atoms with E-state index in [1.54, 1.807) is 10.9 Å². The van der Waals surface area contributed by atoms with Crippen molar-refractivity contribution in [3.8, 4) is 0 Å². The maximum Gasteiger partial charge on any atom is 0.265 e. The third kappa shape index (κ3) is 3.36. The van der Waals surface area contributed by atoms with Crippen LogP contribution < -0.4 is 5.56 Å². The van der Waals surface area contributed by atoms with Crippen LogP contribution in [-0.2, 0) is 22.6 Å². The number of nitrogens with zero attached hydrogens (tertiary/aromatic N) is 5. The molecule has 0 amide bonds. The van der Waals surface area contributed by atoms with Crippen LogP contribution >= 0.6 is 0 Å². The van der Waals surface area contributed by atoms with Crippen molar-refractivity contribution in [1.29, 1.82) is 0 Å². The molecule has 3 aromatic heterocycles. The van der Waals surface area contributed by atoms with Gasteiger partial charge in [-0.25, -0.2) is 15.0 Å². The van der Waals surface area contributed by atoms with Crippen LogP contribution in [-0.4, -0.2) is 50.0 Å². The van der Waals surface area contributed by atoms with E-state index in [0.717, 1.165) is 36.9 Å². The summed E-state index contributed by atoms with van der Waals surface area (Å²) >= 11 is 0. The molecule has 0 saturated carbocycles. The summed E-state index contributed by atoms with van der Waals surface area (Å²) in [6.45, 7) is 5.20. The van der Waals surface area contributed by atoms with Gasteiger partial charge in [0.25, 0.3) is 5.56 Å². The van der Waals surface area contributed by atoms with Gasteiger partial charge in [0, 0.05) is 26.4 Å². The highest BCUT2D eigenvalue weighted by Gasteiger charge is 2.23. The van der Waals surface area contributed by atoms with E-state index >= 15 is 0 Å². The first-order valence-corrected chi connectivity index (χ1v) is 10.6. The first-order valence-electron chi connectivity index (χ1n) is 10.6. The third-order valence-electron chi connectivity index (χ3n) is 5.62. The summed E-state index contributed by atoms with van der Waals surface area (Å²) in [5.41, 5.74) is 3.42. The van der Waals surface area contributed by atoms with E-state index in [4.69, 9.17) is 19.4 Å². The number of hydrogen-bond acceptors (Lipinski definition) is 6. The number of hydrogen-bond donors (Lipinski definition) is 0. The van der Waals surface area contributed by atoms with Crippen molar-refractivity contribution in [2.45, 2.75) is 45.4 Å². The van der Waals surface area contributed by atoms with Crippen molar-refractivity contribution in [2.24, 2.45) is 0 Å². The summed E-state index contributed by atoms with van der Waals surface area (Å²) in [6, 6.07) is 7.73. The Kier molecular flexibility index (Phi) is 5.18. The van der Waals surface area contributed by atoms with Gasteiger partial charge in [-0.15, -0.1) is 0 Å². The van der Waals surface area contributed by atoms with Crippen LogP contribution in [0.4, 0.5) is 0 Å². The minimum Gasteiger partial charge on any atom is -0.382 e. The predicted molar refractivity (Wildman–Crippen MR) is 115 cm³/mol. The molecule has 4 heterocycles. The van der Waals surface area contributed by atoms with Gasteiger partial charge in [-0.05, 0) is 38.3 Å². The summed E-state index contributed by atoms with van der Waals surface area (Å²) in [4.78, 5) is 27.7. The Labute approximate surface area is 173 Å². The Hall–Kier alpha value is -2.84. The van der Waals surface area contributed by atoms with Crippen LogP contribution in [0.2, 0.25) is 0 Å². The Bertz CT molecular complexity index is 1260. The number of fused-ring (bicyclic) bond motifs is 4. The molecule has 30 heavy (non-hydrogen) atoms. The van der Waals surface area contributed by atoms with Gasteiger partial charge in [0.1, 0.15) is 10.9 Å². The number of rotatable bonds is 7. The zero-order valence-corrected chi connectivity index (χ0v) is 17.1. The fraction of sp³-hybridized carbons (Fsp3) is 0.455. The molecule has 0 N–H and O–H groups in total. The molecule has 1 atom stereocenters. The molecular formula is C22H25N5O3. The number of aromatic nitrogens is 5. The number of benzene rings is 1. The van der Waals surface area contributed by atoms with Crippen LogP contribution in [0.1, 0.15) is 26.2 Å². The third-order valence-corrected chi connectivity index (χ3v) is 5.62. The highest BCUT2D eigenvalue weighted by molar-refractivity contribution is 6.04. The minimum atomic E-state index is -0.0860. The zero-order chi connectivity index (χ0) is 20.5. The average Bonchev–Trinajstić information content (AvgIpc) is 3.38. The second-order valence-corrected chi connectivity index (χ2v) is 7.62. The monoisotopic (exact) mass is 407 g/mol. The fourth-order valence-corrected chi connectivity index (χ4v) is 4.14. The van der Waals surface area contributed by atoms with Crippen molar-refractivity contribution in [1.82, 2.24) is 24.1 Å². The molecule has 156 valence electrons. The topological polar surface area (TPSA) is 84.1 Å². The maximum atomic E-state index is 13.4. The first-order chi connectivity index (χ1) is 14.8. The van der Waals surface area contributed by atoms with Crippen molar-refractivity contribution in [3.05, 3.63) is 40.9 Å². The van der Waals surface area contributed by atoms with Gasteiger partial charge >= 0.3 is 0 Å². The van der Waals surface area contributed by atoms with Crippen LogP contribution in [0.25, 0.3) is 33.2 Å². The lowest BCUT2D eigenvalue weighted by Crippen LogP contribution is -2.22. The quantitative estimate of drug-likeness (QED) is 0.438. The van der Waals surface area contributed by atoms with Gasteiger partial charge in [0.05, 0.1) is 30.0 Å². The Morgan fingerprint density at radius 3 is 2.80 bits per heavy atom. The Balaban J connectivity index is 1.68. The van der Waals surface area contributed by atoms with Crippen LogP contribution in [0.3, 0.4) is 0 Å². The maximum absolute atomic E-state index is 13.4. The van der Waals surface area contributed by atoms with Gasteiger partial charge in [0.2, 0.25) is 0 Å². The van der Waals surface area contributed by atoms with Gasteiger partial charge < -0.3 is 14.0 Å². The molecule has 0 radical (unpaired) electrons. The van der Waals surface area contributed by atoms with Crippen LogP contribution in [0.15, 0.2) is 35.4 Å². The average molecular weight is 407 g/mol. The Morgan fingerprint density at radius 1 is 1.20 bits per heavy atom. The number of ether oxygens (including phenoxy) is 2. The molecule has 1 aliphatic heterocycles. The van der Waals surface area contributed by atoms with E-state index in [-0.39, 0.29) is 11.7 Å². The van der Waals surface area contributed by atoms with Crippen molar-refractivity contribution < 1.29 is 9.47 Å². The van der Waals surface area contributed by atoms with E-state index in [1.807, 2.05) is 35.8 Å². The molecule has 5 rings (SSSR count). The van der Waals surface area contributed by atoms with Crippen LogP contribution in [0.5, 0.6) is 0 Å². The van der Waals surface area contributed by atoms with Crippen LogP contribution in [0, 0.1) is 0 Å².